The van der Waals surface area contributed by atoms with Gasteiger partial charge in [-0.1, -0.05) is 27.7 Å². The molecule has 0 aromatic heterocycles. The molecule has 2 aliphatic carbocycles. The first kappa shape index (κ1) is 17.3. The quantitative estimate of drug-likeness (QED) is 0.731. The lowest BCUT2D eigenvalue weighted by Gasteiger charge is -2.48. The van der Waals surface area contributed by atoms with Crippen molar-refractivity contribution in [2.75, 3.05) is 0 Å². The third-order valence-corrected chi connectivity index (χ3v) is 9.29. The maximum Gasteiger partial charge on any atom is 0.161 e. The molecule has 0 aliphatic heterocycles. The lowest BCUT2D eigenvalue weighted by atomic mass is 9.76. The topological polar surface area (TPSA) is 34.1 Å². The minimum absolute atomic E-state index is 0.518. The van der Waals surface area contributed by atoms with Crippen molar-refractivity contribution in [1.29, 1.82) is 0 Å². The van der Waals surface area contributed by atoms with Crippen molar-refractivity contribution < 1.29 is 8.42 Å². The molecule has 2 saturated carbocycles. The van der Waals surface area contributed by atoms with E-state index in [-0.39, 0.29) is 0 Å². The summed E-state index contributed by atoms with van der Waals surface area (Å²) in [6.45, 7) is 12.9. The average Bonchev–Trinajstić information content (AvgIpc) is 2.24. The first-order valence-electron chi connectivity index (χ1n) is 8.73. The van der Waals surface area contributed by atoms with Gasteiger partial charge in [-0.2, -0.15) is 0 Å². The van der Waals surface area contributed by atoms with Gasteiger partial charge in [-0.3, -0.25) is 0 Å². The maximum atomic E-state index is 13.6. The van der Waals surface area contributed by atoms with Gasteiger partial charge in [0, 0.05) is 0 Å². The second-order valence-electron chi connectivity index (χ2n) is 9.11. The van der Waals surface area contributed by atoms with Crippen molar-refractivity contribution in [3.05, 3.63) is 0 Å². The normalized spacial score (nSPS) is 49.0. The van der Waals surface area contributed by atoms with Crippen LogP contribution in [0.4, 0.5) is 0 Å². The third kappa shape index (κ3) is 3.04. The zero-order chi connectivity index (χ0) is 16.1. The van der Waals surface area contributed by atoms with Gasteiger partial charge in [0.1, 0.15) is 0 Å². The zero-order valence-corrected chi connectivity index (χ0v) is 15.6. The number of rotatable bonds is 2. The van der Waals surface area contributed by atoms with Crippen LogP contribution in [0.2, 0.25) is 0 Å². The van der Waals surface area contributed by atoms with E-state index in [1.54, 1.807) is 0 Å². The van der Waals surface area contributed by atoms with E-state index in [2.05, 4.69) is 27.7 Å². The molecular weight excluding hydrogens is 280 g/mol. The summed E-state index contributed by atoms with van der Waals surface area (Å²) in [5, 5.41) is 0. The maximum absolute atomic E-state index is 13.6. The Hall–Kier alpha value is -0.0500. The minimum Gasteiger partial charge on any atom is -0.228 e. The first-order valence-corrected chi connectivity index (χ1v) is 10.2. The molecule has 0 bridgehead atoms. The molecule has 2 rings (SSSR count). The van der Waals surface area contributed by atoms with E-state index >= 15 is 0 Å². The van der Waals surface area contributed by atoms with Gasteiger partial charge in [0.2, 0.25) is 0 Å². The molecule has 0 saturated heterocycles. The molecule has 0 spiro atoms. The zero-order valence-electron chi connectivity index (χ0n) is 14.8. The van der Waals surface area contributed by atoms with Gasteiger partial charge >= 0.3 is 0 Å². The average molecular weight is 315 g/mol. The Morgan fingerprint density at radius 2 is 0.905 bits per heavy atom. The van der Waals surface area contributed by atoms with Crippen molar-refractivity contribution in [3.63, 3.8) is 0 Å². The SMILES string of the molecule is CC1CC(C)CC(C)(S(=O)(=O)C2(C)CC(C)CC(C)C2)C1. The summed E-state index contributed by atoms with van der Waals surface area (Å²) in [7, 11) is -3.12. The van der Waals surface area contributed by atoms with Crippen LogP contribution in [0.25, 0.3) is 0 Å². The van der Waals surface area contributed by atoms with E-state index in [0.29, 0.717) is 23.7 Å². The van der Waals surface area contributed by atoms with Gasteiger partial charge in [-0.25, -0.2) is 8.42 Å². The first-order chi connectivity index (χ1) is 9.49. The van der Waals surface area contributed by atoms with E-state index in [1.807, 2.05) is 13.8 Å². The summed E-state index contributed by atoms with van der Waals surface area (Å²) in [5.41, 5.74) is 0. The van der Waals surface area contributed by atoms with Crippen molar-refractivity contribution in [2.24, 2.45) is 23.7 Å². The largest absolute Gasteiger partial charge is 0.228 e. The van der Waals surface area contributed by atoms with Crippen molar-refractivity contribution >= 4 is 9.84 Å². The molecule has 21 heavy (non-hydrogen) atoms. The molecule has 0 N–H and O–H groups in total. The van der Waals surface area contributed by atoms with E-state index in [9.17, 15) is 8.42 Å². The van der Waals surface area contributed by atoms with E-state index in [0.717, 1.165) is 25.7 Å². The monoisotopic (exact) mass is 314 g/mol. The minimum atomic E-state index is -3.12. The fourth-order valence-corrected chi connectivity index (χ4v) is 9.06. The third-order valence-electron chi connectivity index (χ3n) is 6.03. The van der Waals surface area contributed by atoms with E-state index in [4.69, 9.17) is 0 Å². The Morgan fingerprint density at radius 3 is 1.14 bits per heavy atom. The van der Waals surface area contributed by atoms with Crippen molar-refractivity contribution in [3.8, 4) is 0 Å². The summed E-state index contributed by atoms with van der Waals surface area (Å²) >= 11 is 0. The summed E-state index contributed by atoms with van der Waals surface area (Å²) < 4.78 is 26.1. The summed E-state index contributed by atoms with van der Waals surface area (Å²) in [6, 6.07) is 0. The van der Waals surface area contributed by atoms with Crippen LogP contribution in [-0.4, -0.2) is 17.9 Å². The van der Waals surface area contributed by atoms with Crippen molar-refractivity contribution in [1.82, 2.24) is 0 Å². The molecule has 124 valence electrons. The van der Waals surface area contributed by atoms with Crippen LogP contribution < -0.4 is 0 Å². The predicted octanol–water partition coefficient (Wildman–Crippen LogP) is 4.83. The van der Waals surface area contributed by atoms with Crippen LogP contribution in [0, 0.1) is 23.7 Å². The highest BCUT2D eigenvalue weighted by Crippen LogP contribution is 2.50. The van der Waals surface area contributed by atoms with Crippen molar-refractivity contribution in [2.45, 2.75) is 89.6 Å². The Labute approximate surface area is 132 Å². The molecule has 2 aliphatic rings. The van der Waals surface area contributed by atoms with Crippen LogP contribution in [0.15, 0.2) is 0 Å². The smallest absolute Gasteiger partial charge is 0.161 e. The van der Waals surface area contributed by atoms with Gasteiger partial charge in [-0.05, 0) is 76.0 Å². The summed E-state index contributed by atoms with van der Waals surface area (Å²) in [4.78, 5) is 0. The Morgan fingerprint density at radius 1 is 0.667 bits per heavy atom. The van der Waals surface area contributed by atoms with Crippen LogP contribution in [0.3, 0.4) is 0 Å². The van der Waals surface area contributed by atoms with E-state index < -0.39 is 19.3 Å². The fraction of sp³-hybridized carbons (Fsp3) is 1.00. The van der Waals surface area contributed by atoms with Gasteiger partial charge in [0.15, 0.2) is 9.84 Å². The van der Waals surface area contributed by atoms with Gasteiger partial charge in [0.05, 0.1) is 9.49 Å². The number of hydrogen-bond donors (Lipinski definition) is 0. The molecule has 0 aromatic rings. The Balaban J connectivity index is 2.36. The summed E-state index contributed by atoms with van der Waals surface area (Å²) in [6.07, 6.45) is 5.73. The van der Waals surface area contributed by atoms with Gasteiger partial charge in [-0.15, -0.1) is 0 Å². The lowest BCUT2D eigenvalue weighted by molar-refractivity contribution is 0.220. The van der Waals surface area contributed by atoms with Gasteiger partial charge < -0.3 is 0 Å². The molecule has 4 atom stereocenters. The molecule has 3 heteroatoms. The molecule has 0 amide bonds. The fourth-order valence-electron chi connectivity index (χ4n) is 5.86. The Kier molecular flexibility index (Phi) is 4.57. The lowest BCUT2D eigenvalue weighted by Crippen LogP contribution is -2.54. The van der Waals surface area contributed by atoms with Crippen LogP contribution in [0.1, 0.15) is 80.1 Å². The highest BCUT2D eigenvalue weighted by molar-refractivity contribution is 7.94. The van der Waals surface area contributed by atoms with Crippen LogP contribution in [-0.2, 0) is 9.84 Å². The molecule has 2 fully saturated rings. The molecule has 2 nitrogen and oxygen atoms in total. The highest BCUT2D eigenvalue weighted by Gasteiger charge is 2.54. The molecule has 0 aromatic carbocycles. The van der Waals surface area contributed by atoms with E-state index in [1.165, 1.54) is 12.8 Å². The highest BCUT2D eigenvalue weighted by atomic mass is 32.2. The number of hydrogen-bond acceptors (Lipinski definition) is 2. The van der Waals surface area contributed by atoms with Gasteiger partial charge in [0.25, 0.3) is 0 Å². The molecule has 0 heterocycles. The summed E-state index contributed by atoms with van der Waals surface area (Å²) in [5.74, 6) is 2.09. The molecule has 4 unspecified atom stereocenters. The number of sulfone groups is 1. The molecular formula is C18H34O2S. The predicted molar refractivity (Wildman–Crippen MR) is 90.1 cm³/mol. The standard InChI is InChI=1S/C18H34O2S/c1-13-7-14(2)10-17(5,9-13)21(19,20)18(6)11-15(3)8-16(4)12-18/h13-16H,7-12H2,1-6H3. The Bertz CT molecular complexity index is 421. The van der Waals surface area contributed by atoms with Crippen LogP contribution in [0.5, 0.6) is 0 Å². The molecule has 0 radical (unpaired) electrons. The second kappa shape index (κ2) is 5.54. The van der Waals surface area contributed by atoms with Crippen LogP contribution >= 0.6 is 0 Å². The second-order valence-corrected chi connectivity index (χ2v) is 12.1.